The number of carbonyl (C=O) groups is 7. The van der Waals surface area contributed by atoms with Crippen molar-refractivity contribution in [2.24, 2.45) is 23.3 Å². The molecule has 4 aliphatic rings. The molecule has 0 aliphatic carbocycles. The largest absolute Gasteiger partial charge is 0.381 e. The predicted octanol–water partition coefficient (Wildman–Crippen LogP) is 11.5. The van der Waals surface area contributed by atoms with Crippen molar-refractivity contribution in [3.8, 4) is 22.3 Å². The van der Waals surface area contributed by atoms with Crippen LogP contribution < -0.4 is 48.7 Å². The van der Waals surface area contributed by atoms with Crippen LogP contribution in [0.2, 0.25) is 0 Å². The summed E-state index contributed by atoms with van der Waals surface area (Å²) in [7, 11) is 0. The molecule has 27 heteroatoms. The van der Waals surface area contributed by atoms with Gasteiger partial charge in [0.1, 0.15) is 17.9 Å². The number of benzene rings is 6. The molecule has 4 aromatic heterocycles. The van der Waals surface area contributed by atoms with E-state index in [1.54, 1.807) is 97.1 Å². The molecule has 602 valence electrons. The quantitative estimate of drug-likeness (QED) is 0.0216. The van der Waals surface area contributed by atoms with Crippen molar-refractivity contribution < 1.29 is 51.8 Å². The van der Waals surface area contributed by atoms with Crippen molar-refractivity contribution in [1.29, 1.82) is 0 Å². The van der Waals surface area contributed by atoms with Crippen LogP contribution in [0, 0.1) is 23.5 Å². The van der Waals surface area contributed by atoms with Crippen LogP contribution in [-0.2, 0) is 77.7 Å². The van der Waals surface area contributed by atoms with Gasteiger partial charge in [0.2, 0.25) is 11.8 Å². The van der Waals surface area contributed by atoms with E-state index in [1.807, 2.05) is 66.8 Å². The number of nitrogens with zero attached hydrogens (tertiary/aromatic N) is 7. The highest BCUT2D eigenvalue weighted by molar-refractivity contribution is 6.01. The Morgan fingerprint density at radius 1 is 0.522 bits per heavy atom. The molecule has 2 unspecified atom stereocenters. The maximum absolute atomic E-state index is 15.2. The van der Waals surface area contributed by atoms with Crippen LogP contribution in [0.5, 0.6) is 0 Å². The molecule has 11 N–H and O–H groups in total. The maximum Gasteiger partial charge on any atom is 0.251 e. The predicted molar refractivity (Wildman–Crippen MR) is 439 cm³/mol. The standard InChI is InChI=1S/C44H51FN8O4.C38H39FN6O4.C6H12N2O/c1-3-39-36(40(50-34-15-18-57-19-16-34)37-25-49-53(4-2)42(37)51-39)24-48-44(56)32-11-6-10-31(22-32)43(55)47-23-28-13-14-38(45)35(21-28)30-9-5-8-29(20-30)26-52-17-7-12-33(27-52)41(46)54;1-3-34-31(35(43-29-13-15-49-16-14-29)32-22-42-45(4-2)36(32)44-34)21-41-38(48)28-10-6-9-27(19-28)37(47)40-20-24-11-12-33(39)30(18-24)26-8-5-7-25(17-26)23-46;7-6(9)5-2-1-3-8-4-5/h5-6,8-11,13-14,20-22,25,33-34H,3-4,7,12,15-19,23-24,26-27H2,1-2H3,(H2,46,54)(H,47,55)(H,48,56)(H,50,51);5-12,17-19,22-23,29H,3-4,13-16,20-21H2,1-2H3,(H,40,47)(H,41,48)(H,43,44);5,8H,1-4H2,(H2,7,9). The number of anilines is 2. The van der Waals surface area contributed by atoms with Crippen molar-refractivity contribution in [3.05, 3.63) is 225 Å². The maximum atomic E-state index is 15.2. The average molecular weight is 1570 g/mol. The molecule has 0 spiro atoms. The summed E-state index contributed by atoms with van der Waals surface area (Å²) in [6, 6.07) is 37.4. The lowest BCUT2D eigenvalue weighted by Gasteiger charge is -2.31. The highest BCUT2D eigenvalue weighted by atomic mass is 19.1. The van der Waals surface area contributed by atoms with Gasteiger partial charge >= 0.3 is 0 Å². The van der Waals surface area contributed by atoms with Crippen LogP contribution in [0.25, 0.3) is 44.3 Å². The van der Waals surface area contributed by atoms with E-state index in [-0.39, 0.29) is 91.4 Å². The minimum Gasteiger partial charge on any atom is -0.381 e. The lowest BCUT2D eigenvalue weighted by Crippen LogP contribution is -2.40. The van der Waals surface area contributed by atoms with Crippen LogP contribution in [-0.4, -0.2) is 141 Å². The van der Waals surface area contributed by atoms with Gasteiger partial charge in [-0.3, -0.25) is 38.5 Å². The third-order valence-electron chi connectivity index (χ3n) is 21.5. The van der Waals surface area contributed by atoms with Crippen LogP contribution in [0.1, 0.15) is 170 Å². The molecule has 6 amide bonds. The first kappa shape index (κ1) is 82.8. The van der Waals surface area contributed by atoms with Crippen LogP contribution in [0.3, 0.4) is 0 Å². The number of piperidine rings is 2. The fraction of sp³-hybridized carbons (Fsp3) is 0.375. The van der Waals surface area contributed by atoms with Crippen molar-refractivity contribution in [3.63, 3.8) is 0 Å². The van der Waals surface area contributed by atoms with Crippen molar-refractivity contribution >= 4 is 75.2 Å². The molecular formula is C88H102F2N16O9. The van der Waals surface area contributed by atoms with Gasteiger partial charge in [0, 0.05) is 159 Å². The molecule has 2 atom stereocenters. The number of ether oxygens (including phenoxy) is 2. The number of pyridine rings is 2. The lowest BCUT2D eigenvalue weighted by atomic mass is 9.96. The minimum absolute atomic E-state index is 0.0822. The number of halogens is 2. The first-order valence-corrected chi connectivity index (χ1v) is 39.9. The van der Waals surface area contributed by atoms with Crippen LogP contribution in [0.4, 0.5) is 20.2 Å². The van der Waals surface area contributed by atoms with E-state index in [1.165, 1.54) is 12.1 Å². The SMILES string of the molecule is CCc1nc2c(cnn2CC)c(NC2CCOCC2)c1CNC(=O)c1cccc(C(=O)NCc2ccc(F)c(-c3cccc(C=O)c3)c2)c1.CCc1nc2c(cnn2CC)c(NC2CCOCC2)c1CNC(=O)c1cccc(C(=O)NCc2ccc(F)c(-c3cccc(CN4CCCC(C(N)=O)C4)c3)c2)c1.NC(=O)C1CCCNC1. The van der Waals surface area contributed by atoms with Gasteiger partial charge in [0.25, 0.3) is 23.6 Å². The number of aromatic nitrogens is 6. The summed E-state index contributed by atoms with van der Waals surface area (Å²) < 4.78 is 44.8. The van der Waals surface area contributed by atoms with E-state index in [0.29, 0.717) is 122 Å². The smallest absolute Gasteiger partial charge is 0.251 e. The Labute approximate surface area is 667 Å². The summed E-state index contributed by atoms with van der Waals surface area (Å²) in [6.07, 6.45) is 13.0. The van der Waals surface area contributed by atoms with E-state index in [0.717, 1.165) is 144 Å². The van der Waals surface area contributed by atoms with Crippen LogP contribution in [0.15, 0.2) is 146 Å². The number of aryl methyl sites for hydroxylation is 4. The summed E-state index contributed by atoms with van der Waals surface area (Å²) in [5.74, 6) is -2.66. The number of nitrogens with one attached hydrogen (secondary N) is 7. The monoisotopic (exact) mass is 1560 g/mol. The van der Waals surface area contributed by atoms with Gasteiger partial charge in [-0.1, -0.05) is 74.5 Å². The van der Waals surface area contributed by atoms with Gasteiger partial charge in [0.15, 0.2) is 11.3 Å². The highest BCUT2D eigenvalue weighted by Crippen LogP contribution is 2.35. The molecule has 4 fully saturated rings. The number of rotatable bonds is 27. The number of carbonyl (C=O) groups excluding carboxylic acids is 7. The Balaban J connectivity index is 0.000000193. The Hall–Kier alpha value is -11.7. The molecule has 0 saturated carbocycles. The number of hydrogen-bond acceptors (Lipinski definition) is 17. The van der Waals surface area contributed by atoms with Crippen molar-refractivity contribution in [2.45, 2.75) is 150 Å². The van der Waals surface area contributed by atoms with Gasteiger partial charge in [-0.05, 0) is 192 Å². The zero-order valence-electron chi connectivity index (χ0n) is 65.6. The minimum atomic E-state index is -0.430. The Morgan fingerprint density at radius 3 is 1.41 bits per heavy atom. The second-order valence-electron chi connectivity index (χ2n) is 29.4. The molecule has 0 radical (unpaired) electrons. The van der Waals surface area contributed by atoms with E-state index >= 15 is 4.39 Å². The third kappa shape index (κ3) is 21.2. The topological polar surface area (TPSA) is 339 Å². The average Bonchev–Trinajstić information content (AvgIpc) is 1.67. The zero-order valence-corrected chi connectivity index (χ0v) is 65.6. The van der Waals surface area contributed by atoms with Gasteiger partial charge in [-0.15, -0.1) is 0 Å². The summed E-state index contributed by atoms with van der Waals surface area (Å²) in [4.78, 5) is 99.2. The number of fused-ring (bicyclic) bond motifs is 2. The van der Waals surface area contributed by atoms with E-state index < -0.39 is 5.82 Å². The first-order valence-electron chi connectivity index (χ1n) is 39.9. The summed E-state index contributed by atoms with van der Waals surface area (Å²) >= 11 is 0. The molecule has 25 nitrogen and oxygen atoms in total. The Kier molecular flexibility index (Phi) is 28.7. The second kappa shape index (κ2) is 39.9. The molecule has 6 aromatic carbocycles. The normalized spacial score (nSPS) is 15.9. The van der Waals surface area contributed by atoms with Gasteiger partial charge < -0.3 is 58.2 Å². The summed E-state index contributed by atoms with van der Waals surface area (Å²) in [6.45, 7) is 17.1. The highest BCUT2D eigenvalue weighted by Gasteiger charge is 2.28. The van der Waals surface area contributed by atoms with Gasteiger partial charge in [0.05, 0.1) is 46.4 Å². The Bertz CT molecular complexity index is 5130. The van der Waals surface area contributed by atoms with E-state index in [4.69, 9.17) is 30.9 Å². The zero-order chi connectivity index (χ0) is 80.9. The summed E-state index contributed by atoms with van der Waals surface area (Å²) in [5, 5.41) is 33.5. The van der Waals surface area contributed by atoms with Crippen molar-refractivity contribution in [2.75, 3.05) is 63.2 Å². The molecular weight excluding hydrogens is 1460 g/mol. The Morgan fingerprint density at radius 2 is 0.974 bits per heavy atom. The molecule has 10 aromatic rings. The van der Waals surface area contributed by atoms with Crippen molar-refractivity contribution in [1.82, 2.24) is 61.0 Å². The molecule has 14 rings (SSSR count). The first-order chi connectivity index (χ1) is 55.9. The lowest BCUT2D eigenvalue weighted by molar-refractivity contribution is -0.123. The fourth-order valence-electron chi connectivity index (χ4n) is 15.1. The van der Waals surface area contributed by atoms with E-state index in [9.17, 15) is 38.0 Å². The van der Waals surface area contributed by atoms with Crippen LogP contribution >= 0.6 is 0 Å². The van der Waals surface area contributed by atoms with E-state index in [2.05, 4.69) is 59.2 Å². The molecule has 4 saturated heterocycles. The molecule has 115 heavy (non-hydrogen) atoms. The number of likely N-dealkylation sites (tertiary alicyclic amines) is 1. The fourth-order valence-corrected chi connectivity index (χ4v) is 15.1. The number of primary amides is 2. The summed E-state index contributed by atoms with van der Waals surface area (Å²) in [5.41, 5.74) is 24.0. The van der Waals surface area contributed by atoms with Gasteiger partial charge in [-0.2, -0.15) is 10.2 Å². The number of aldehydes is 1. The second-order valence-corrected chi connectivity index (χ2v) is 29.4. The molecule has 4 aliphatic heterocycles. The van der Waals surface area contributed by atoms with Gasteiger partial charge in [-0.25, -0.2) is 28.1 Å². The molecule has 0 bridgehead atoms. The number of nitrogens with two attached hydrogens (primary N) is 2. The molecule has 8 heterocycles. The number of hydrogen-bond donors (Lipinski definition) is 9. The third-order valence-corrected chi connectivity index (χ3v) is 21.5. The number of amides is 6.